The van der Waals surface area contributed by atoms with E-state index in [4.69, 9.17) is 4.74 Å². The van der Waals surface area contributed by atoms with Crippen LogP contribution in [0, 0.1) is 13.8 Å². The Morgan fingerprint density at radius 3 is 2.18 bits per heavy atom. The maximum atomic E-state index is 14.3. The number of thioether (sulfide) groups is 1. The summed E-state index contributed by atoms with van der Waals surface area (Å²) in [5, 5.41) is 5.82. The Kier molecular flexibility index (Phi) is 10.8. The third kappa shape index (κ3) is 9.08. The van der Waals surface area contributed by atoms with Crippen molar-refractivity contribution in [3.8, 4) is 0 Å². The first-order valence-electron chi connectivity index (χ1n) is 12.9. The summed E-state index contributed by atoms with van der Waals surface area (Å²) in [4.78, 5) is 42.6. The molecule has 0 aliphatic heterocycles. The number of hydrogen-bond acceptors (Lipinski definition) is 5. The second-order valence-electron chi connectivity index (χ2n) is 11.5. The first-order valence-corrected chi connectivity index (χ1v) is 14.3. The number of nitrogens with zero attached hydrogens (tertiary/aromatic N) is 1. The number of amides is 3. The molecule has 0 radical (unpaired) electrons. The highest BCUT2D eigenvalue weighted by Crippen LogP contribution is 2.32. The molecule has 0 heterocycles. The lowest BCUT2D eigenvalue weighted by molar-refractivity contribution is -0.146. The molecule has 2 aromatic rings. The fourth-order valence-electron chi connectivity index (χ4n) is 4.13. The molecule has 3 amide bonds. The molecule has 0 aliphatic carbocycles. The van der Waals surface area contributed by atoms with Crippen LogP contribution in [0.2, 0.25) is 0 Å². The molecule has 2 unspecified atom stereocenters. The van der Waals surface area contributed by atoms with E-state index in [2.05, 4.69) is 10.6 Å². The lowest BCUT2D eigenvalue weighted by Gasteiger charge is -2.43. The van der Waals surface area contributed by atoms with Gasteiger partial charge in [0.1, 0.15) is 17.7 Å². The van der Waals surface area contributed by atoms with Gasteiger partial charge in [0.2, 0.25) is 5.91 Å². The van der Waals surface area contributed by atoms with Crippen molar-refractivity contribution in [2.24, 2.45) is 0 Å². The predicted molar refractivity (Wildman–Crippen MR) is 156 cm³/mol. The smallest absolute Gasteiger partial charge is 0.408 e. The van der Waals surface area contributed by atoms with Gasteiger partial charge < -0.3 is 20.3 Å². The van der Waals surface area contributed by atoms with Gasteiger partial charge in [-0.1, -0.05) is 48.0 Å². The summed E-state index contributed by atoms with van der Waals surface area (Å²) < 4.78 is 5.46. The zero-order valence-corrected chi connectivity index (χ0v) is 25.0. The van der Waals surface area contributed by atoms with E-state index in [0.29, 0.717) is 23.4 Å². The number of ether oxygens (including phenoxy) is 1. The van der Waals surface area contributed by atoms with Crippen molar-refractivity contribution in [3.05, 3.63) is 65.2 Å². The molecule has 7 nitrogen and oxygen atoms in total. The molecular weight excluding hydrogens is 498 g/mol. The van der Waals surface area contributed by atoms with Crippen LogP contribution in [0.3, 0.4) is 0 Å². The highest BCUT2D eigenvalue weighted by molar-refractivity contribution is 7.98. The van der Waals surface area contributed by atoms with Crippen LogP contribution in [0.15, 0.2) is 48.5 Å². The van der Waals surface area contributed by atoms with E-state index in [1.165, 1.54) is 0 Å². The average molecular weight is 542 g/mol. The molecule has 208 valence electrons. The number of aryl methyl sites for hydroxylation is 2. The molecular formula is C30H43N3O4S. The third-order valence-corrected chi connectivity index (χ3v) is 6.47. The quantitative estimate of drug-likeness (QED) is 0.391. The number of nitrogens with one attached hydrogen (secondary N) is 2. The Morgan fingerprint density at radius 1 is 0.974 bits per heavy atom. The number of anilines is 1. The monoisotopic (exact) mass is 541 g/mol. The summed E-state index contributed by atoms with van der Waals surface area (Å²) in [6.45, 7) is 14.9. The van der Waals surface area contributed by atoms with Crippen LogP contribution in [-0.4, -0.2) is 52.0 Å². The maximum absolute atomic E-state index is 14.3. The average Bonchev–Trinajstić information content (AvgIpc) is 2.79. The Morgan fingerprint density at radius 2 is 1.63 bits per heavy atom. The molecule has 2 aromatic carbocycles. The van der Waals surface area contributed by atoms with Gasteiger partial charge in [-0.2, -0.15) is 11.8 Å². The van der Waals surface area contributed by atoms with Gasteiger partial charge in [-0.15, -0.1) is 0 Å². The van der Waals surface area contributed by atoms with Crippen LogP contribution in [0.5, 0.6) is 0 Å². The second-order valence-corrected chi connectivity index (χ2v) is 12.5. The number of para-hydroxylation sites is 1. The molecule has 2 atom stereocenters. The highest BCUT2D eigenvalue weighted by Gasteiger charge is 2.42. The number of rotatable bonds is 9. The normalized spacial score (nSPS) is 13.3. The van der Waals surface area contributed by atoms with Crippen molar-refractivity contribution in [2.75, 3.05) is 17.3 Å². The van der Waals surface area contributed by atoms with E-state index >= 15 is 0 Å². The summed E-state index contributed by atoms with van der Waals surface area (Å²) in [7, 11) is 0. The molecule has 0 fully saturated rings. The molecule has 0 spiro atoms. The number of carbonyl (C=O) groups excluding carboxylic acids is 3. The Labute approximate surface area is 232 Å². The van der Waals surface area contributed by atoms with Gasteiger partial charge in [0.25, 0.3) is 5.91 Å². The maximum Gasteiger partial charge on any atom is 0.408 e. The summed E-state index contributed by atoms with van der Waals surface area (Å²) in [5.74, 6) is -0.0211. The largest absolute Gasteiger partial charge is 0.444 e. The van der Waals surface area contributed by atoms with Gasteiger partial charge >= 0.3 is 6.09 Å². The highest BCUT2D eigenvalue weighted by atomic mass is 32.2. The van der Waals surface area contributed by atoms with E-state index in [1.54, 1.807) is 37.4 Å². The predicted octanol–water partition coefficient (Wildman–Crippen LogP) is 6.26. The molecule has 8 heteroatoms. The van der Waals surface area contributed by atoms with E-state index in [0.717, 1.165) is 11.1 Å². The van der Waals surface area contributed by atoms with Gasteiger partial charge in [0, 0.05) is 11.2 Å². The van der Waals surface area contributed by atoms with Gasteiger partial charge in [-0.3, -0.25) is 9.59 Å². The van der Waals surface area contributed by atoms with Gasteiger partial charge in [-0.25, -0.2) is 4.79 Å². The van der Waals surface area contributed by atoms with Crippen LogP contribution in [0.1, 0.15) is 70.7 Å². The van der Waals surface area contributed by atoms with Gasteiger partial charge in [-0.05, 0) is 91.0 Å². The molecule has 0 saturated heterocycles. The molecule has 0 aromatic heterocycles. The summed E-state index contributed by atoms with van der Waals surface area (Å²) >= 11 is 1.58. The minimum absolute atomic E-state index is 0.325. The topological polar surface area (TPSA) is 87.7 Å². The molecule has 2 N–H and O–H groups in total. The molecule has 38 heavy (non-hydrogen) atoms. The summed E-state index contributed by atoms with van der Waals surface area (Å²) in [6.07, 6.45) is 1.68. The van der Waals surface area contributed by atoms with E-state index < -0.39 is 29.3 Å². The minimum Gasteiger partial charge on any atom is -0.444 e. The summed E-state index contributed by atoms with van der Waals surface area (Å²) in [5.41, 5.74) is 1.81. The van der Waals surface area contributed by atoms with E-state index in [-0.39, 0.29) is 11.8 Å². The Bertz CT molecular complexity index is 1120. The number of carbonyl (C=O) groups is 3. The van der Waals surface area contributed by atoms with E-state index in [9.17, 15) is 14.4 Å². The minimum atomic E-state index is -0.931. The molecule has 0 saturated carbocycles. The third-order valence-electron chi connectivity index (χ3n) is 5.83. The lowest BCUT2D eigenvalue weighted by Crippen LogP contribution is -2.58. The molecule has 0 aliphatic rings. The van der Waals surface area contributed by atoms with Crippen molar-refractivity contribution in [2.45, 2.75) is 85.0 Å². The van der Waals surface area contributed by atoms with Crippen LogP contribution >= 0.6 is 11.8 Å². The van der Waals surface area contributed by atoms with E-state index in [1.807, 2.05) is 89.4 Å². The Balaban J connectivity index is 2.58. The zero-order valence-electron chi connectivity index (χ0n) is 24.2. The molecule has 0 bridgehead atoms. The van der Waals surface area contributed by atoms with Gasteiger partial charge in [0.05, 0.1) is 0 Å². The van der Waals surface area contributed by atoms with Crippen LogP contribution in [0.25, 0.3) is 0 Å². The van der Waals surface area contributed by atoms with Crippen LogP contribution in [-0.2, 0) is 14.3 Å². The van der Waals surface area contributed by atoms with Crippen LogP contribution < -0.4 is 10.6 Å². The fraction of sp³-hybridized carbons (Fsp3) is 0.500. The van der Waals surface area contributed by atoms with Crippen molar-refractivity contribution in [1.29, 1.82) is 0 Å². The van der Waals surface area contributed by atoms with Crippen molar-refractivity contribution in [3.63, 3.8) is 0 Å². The van der Waals surface area contributed by atoms with Crippen molar-refractivity contribution < 1.29 is 19.1 Å². The number of alkyl carbamates (subject to hydrolysis) is 1. The summed E-state index contributed by atoms with van der Waals surface area (Å²) in [6, 6.07) is 13.4. The SMILES string of the molecule is CSCCC(NC(=O)OC(C)(C)C)C(=O)N(C(C(=O)Nc1ccccc1C)c1cccc(C)c1)C(C)(C)C. The fourth-order valence-corrected chi connectivity index (χ4v) is 4.60. The molecule has 2 rings (SSSR count). The zero-order chi connectivity index (χ0) is 28.7. The van der Waals surface area contributed by atoms with Crippen molar-refractivity contribution in [1.82, 2.24) is 10.2 Å². The number of hydrogen-bond donors (Lipinski definition) is 2. The lowest BCUT2D eigenvalue weighted by atomic mass is 9.94. The Hall–Kier alpha value is -3.00. The standard InChI is InChI=1S/C30H43N3O4S/c1-20-13-12-15-22(19-20)25(26(34)31-23-16-11-10-14-21(23)2)33(29(3,4)5)27(35)24(17-18-38-9)32-28(36)37-30(6,7)8/h10-16,19,24-25H,17-18H2,1-9H3,(H,31,34)(H,32,36). The number of benzene rings is 2. The van der Waals surface area contributed by atoms with Gasteiger partial charge in [0.15, 0.2) is 0 Å². The first-order chi connectivity index (χ1) is 17.6. The second kappa shape index (κ2) is 13.2. The van der Waals surface area contributed by atoms with Crippen LogP contribution in [0.4, 0.5) is 10.5 Å². The first kappa shape index (κ1) is 31.2. The van der Waals surface area contributed by atoms with Crippen molar-refractivity contribution >= 4 is 35.4 Å².